The van der Waals surface area contributed by atoms with Crippen LogP contribution in [-0.4, -0.2) is 45.8 Å². The molecule has 160 valence electrons. The van der Waals surface area contributed by atoms with E-state index in [4.69, 9.17) is 5.73 Å². The number of halogens is 4. The summed E-state index contributed by atoms with van der Waals surface area (Å²) in [5.41, 5.74) is 5.32. The van der Waals surface area contributed by atoms with E-state index in [1.807, 2.05) is 0 Å². The van der Waals surface area contributed by atoms with Crippen molar-refractivity contribution in [3.8, 4) is 0 Å². The van der Waals surface area contributed by atoms with Crippen LogP contribution < -0.4 is 17.0 Å². The number of H-pyrrole nitrogens is 1. The summed E-state index contributed by atoms with van der Waals surface area (Å²) in [4.78, 5) is 28.7. The topological polar surface area (TPSA) is 84.1 Å². The molecule has 3 aliphatic rings. The van der Waals surface area contributed by atoms with Crippen molar-refractivity contribution in [2.75, 3.05) is 13.1 Å². The van der Waals surface area contributed by atoms with Gasteiger partial charge < -0.3 is 5.73 Å². The Morgan fingerprint density at radius 1 is 1.28 bits per heavy atom. The lowest BCUT2D eigenvalue weighted by molar-refractivity contribution is -0.140. The minimum absolute atomic E-state index is 0.00250. The number of aromatic nitrogens is 2. The van der Waals surface area contributed by atoms with Crippen molar-refractivity contribution < 1.29 is 17.6 Å². The molecule has 1 aromatic rings. The van der Waals surface area contributed by atoms with E-state index in [0.717, 1.165) is 12.8 Å². The number of hydrogen-bond donors (Lipinski definition) is 2. The highest BCUT2D eigenvalue weighted by atomic mass is 19.4. The first-order valence-electron chi connectivity index (χ1n) is 9.89. The Morgan fingerprint density at radius 2 is 1.97 bits per heavy atom. The van der Waals surface area contributed by atoms with Gasteiger partial charge in [0.2, 0.25) is 0 Å². The fourth-order valence-corrected chi connectivity index (χ4v) is 4.83. The molecule has 0 aromatic carbocycles. The maximum Gasteiger partial charge on any atom is 0.390 e. The average molecular weight is 416 g/mol. The molecule has 10 heteroatoms. The van der Waals surface area contributed by atoms with Gasteiger partial charge in [-0.1, -0.05) is 6.92 Å². The summed E-state index contributed by atoms with van der Waals surface area (Å²) in [6, 6.07) is -1.76. The van der Waals surface area contributed by atoms with Crippen molar-refractivity contribution in [2.24, 2.45) is 11.7 Å². The monoisotopic (exact) mass is 416 g/mol. The van der Waals surface area contributed by atoms with E-state index in [1.165, 1.54) is 6.08 Å². The molecule has 0 radical (unpaired) electrons. The van der Waals surface area contributed by atoms with Crippen LogP contribution in [0, 0.1) is 5.92 Å². The molecule has 3 N–H and O–H groups in total. The first-order chi connectivity index (χ1) is 13.6. The van der Waals surface area contributed by atoms with Crippen molar-refractivity contribution in [3.05, 3.63) is 37.9 Å². The Labute approximate surface area is 164 Å². The van der Waals surface area contributed by atoms with Crippen LogP contribution in [0.5, 0.6) is 0 Å². The largest absolute Gasteiger partial charge is 0.390 e. The molecule has 1 aromatic heterocycles. The number of rotatable bonds is 4. The SMILES string of the molecule is CC1c2c(c(=O)[nH]c(=O)n2C2CC2)C=C(F)C1N1CCC(C(N)CC(F)(F)F)C1. The van der Waals surface area contributed by atoms with Gasteiger partial charge >= 0.3 is 11.9 Å². The van der Waals surface area contributed by atoms with Gasteiger partial charge in [0.1, 0.15) is 5.83 Å². The molecular formula is C19H24F4N4O2. The van der Waals surface area contributed by atoms with Gasteiger partial charge in [-0.05, 0) is 37.8 Å². The number of likely N-dealkylation sites (tertiary alicyclic amines) is 1. The van der Waals surface area contributed by atoms with Crippen LogP contribution in [0.25, 0.3) is 6.08 Å². The smallest absolute Gasteiger partial charge is 0.327 e. The van der Waals surface area contributed by atoms with Gasteiger partial charge in [0.05, 0.1) is 18.0 Å². The molecule has 1 saturated heterocycles. The first-order valence-corrected chi connectivity index (χ1v) is 9.89. The zero-order valence-electron chi connectivity index (χ0n) is 16.0. The highest BCUT2D eigenvalue weighted by molar-refractivity contribution is 5.59. The predicted octanol–water partition coefficient (Wildman–Crippen LogP) is 2.27. The molecule has 1 saturated carbocycles. The minimum atomic E-state index is -4.34. The first kappa shape index (κ1) is 20.3. The molecule has 4 rings (SSSR count). The average Bonchev–Trinajstić information content (AvgIpc) is 3.31. The van der Waals surface area contributed by atoms with E-state index in [2.05, 4.69) is 4.98 Å². The number of nitrogens with zero attached hydrogens (tertiary/aromatic N) is 2. The molecule has 0 amide bonds. The second kappa shape index (κ2) is 7.09. The van der Waals surface area contributed by atoms with Crippen molar-refractivity contribution in [2.45, 2.75) is 62.8 Å². The maximum atomic E-state index is 15.0. The lowest BCUT2D eigenvalue weighted by Crippen LogP contribution is -2.45. The normalized spacial score (nSPS) is 28.9. The molecule has 29 heavy (non-hydrogen) atoms. The van der Waals surface area contributed by atoms with Gasteiger partial charge in [0, 0.05) is 30.2 Å². The highest BCUT2D eigenvalue weighted by Crippen LogP contribution is 2.42. The lowest BCUT2D eigenvalue weighted by Gasteiger charge is -2.36. The Bertz CT molecular complexity index is 947. The fourth-order valence-electron chi connectivity index (χ4n) is 4.83. The van der Waals surface area contributed by atoms with Gasteiger partial charge in [-0.2, -0.15) is 13.2 Å². The summed E-state index contributed by atoms with van der Waals surface area (Å²) >= 11 is 0. The van der Waals surface area contributed by atoms with Gasteiger partial charge in [-0.3, -0.25) is 19.2 Å². The molecule has 2 heterocycles. The summed E-state index contributed by atoms with van der Waals surface area (Å²) in [6.07, 6.45) is -2.15. The Kier molecular flexibility index (Phi) is 4.97. The van der Waals surface area contributed by atoms with Crippen LogP contribution in [0.2, 0.25) is 0 Å². The van der Waals surface area contributed by atoms with Crippen LogP contribution in [0.1, 0.15) is 55.8 Å². The van der Waals surface area contributed by atoms with Crippen molar-refractivity contribution in [1.82, 2.24) is 14.5 Å². The van der Waals surface area contributed by atoms with Crippen molar-refractivity contribution in [3.63, 3.8) is 0 Å². The Hall–Kier alpha value is -1.94. The molecule has 6 nitrogen and oxygen atoms in total. The van der Waals surface area contributed by atoms with E-state index < -0.39 is 47.7 Å². The van der Waals surface area contributed by atoms with E-state index in [0.29, 0.717) is 18.7 Å². The van der Waals surface area contributed by atoms with Crippen LogP contribution in [0.4, 0.5) is 17.6 Å². The summed E-state index contributed by atoms with van der Waals surface area (Å²) < 4.78 is 54.6. The zero-order chi connectivity index (χ0) is 21.1. The summed E-state index contributed by atoms with van der Waals surface area (Å²) in [5.74, 6) is -1.38. The third kappa shape index (κ3) is 3.79. The van der Waals surface area contributed by atoms with Crippen LogP contribution in [-0.2, 0) is 0 Å². The van der Waals surface area contributed by atoms with Gasteiger partial charge in [-0.15, -0.1) is 0 Å². The zero-order valence-corrected chi connectivity index (χ0v) is 16.0. The predicted molar refractivity (Wildman–Crippen MR) is 99.2 cm³/mol. The van der Waals surface area contributed by atoms with Crippen molar-refractivity contribution in [1.29, 1.82) is 0 Å². The lowest BCUT2D eigenvalue weighted by atomic mass is 9.87. The van der Waals surface area contributed by atoms with Crippen LogP contribution in [0.3, 0.4) is 0 Å². The third-order valence-electron chi connectivity index (χ3n) is 6.32. The molecule has 2 fully saturated rings. The number of nitrogens with one attached hydrogen (secondary N) is 1. The molecule has 2 aliphatic carbocycles. The molecule has 0 bridgehead atoms. The number of nitrogens with two attached hydrogens (primary N) is 1. The third-order valence-corrected chi connectivity index (χ3v) is 6.32. The van der Waals surface area contributed by atoms with E-state index in [-0.39, 0.29) is 24.1 Å². The summed E-state index contributed by atoms with van der Waals surface area (Å²) in [7, 11) is 0. The van der Waals surface area contributed by atoms with Crippen LogP contribution >= 0.6 is 0 Å². The number of aromatic amines is 1. The Morgan fingerprint density at radius 3 is 2.59 bits per heavy atom. The molecule has 1 aliphatic heterocycles. The number of hydrogen-bond acceptors (Lipinski definition) is 4. The molecule has 4 unspecified atom stereocenters. The molecule has 4 atom stereocenters. The second-order valence-corrected chi connectivity index (χ2v) is 8.45. The van der Waals surface area contributed by atoms with E-state index in [9.17, 15) is 22.8 Å². The second-order valence-electron chi connectivity index (χ2n) is 8.45. The summed E-state index contributed by atoms with van der Waals surface area (Å²) in [6.45, 7) is 2.43. The van der Waals surface area contributed by atoms with Crippen LogP contribution in [0.15, 0.2) is 15.4 Å². The van der Waals surface area contributed by atoms with Gasteiger partial charge in [0.15, 0.2) is 0 Å². The summed E-state index contributed by atoms with van der Waals surface area (Å²) in [5, 5.41) is 0. The quantitative estimate of drug-likeness (QED) is 0.738. The molecule has 0 spiro atoms. The molecular weight excluding hydrogens is 392 g/mol. The number of alkyl halides is 3. The standard InChI is InChI=1S/C19H24F4N4O2/c1-9-15-12(17(28)25-18(29)27(15)11-2-3-11)6-13(20)16(9)26-5-4-10(8-26)14(24)7-19(21,22)23/h6,9-11,14,16H,2-5,7-8,24H2,1H3,(H,25,28,29). The minimum Gasteiger partial charge on any atom is -0.327 e. The van der Waals surface area contributed by atoms with Gasteiger partial charge in [0.25, 0.3) is 5.56 Å². The highest BCUT2D eigenvalue weighted by Gasteiger charge is 2.43. The van der Waals surface area contributed by atoms with E-state index in [1.54, 1.807) is 16.4 Å². The fraction of sp³-hybridized carbons (Fsp3) is 0.684. The number of fused-ring (bicyclic) bond motifs is 1. The van der Waals surface area contributed by atoms with Crippen molar-refractivity contribution >= 4 is 6.08 Å². The van der Waals surface area contributed by atoms with E-state index >= 15 is 4.39 Å². The Balaban J connectivity index is 1.62. The van der Waals surface area contributed by atoms with Gasteiger partial charge in [-0.25, -0.2) is 9.18 Å². The maximum absolute atomic E-state index is 15.0.